The van der Waals surface area contributed by atoms with Gasteiger partial charge in [0, 0.05) is 23.5 Å². The topological polar surface area (TPSA) is 42.2 Å². The third-order valence-electron chi connectivity index (χ3n) is 3.46. The van der Waals surface area contributed by atoms with Crippen LogP contribution in [-0.4, -0.2) is 28.5 Å². The highest BCUT2D eigenvalue weighted by molar-refractivity contribution is 7.09. The molecule has 90 valence electrons. The van der Waals surface area contributed by atoms with Crippen LogP contribution >= 0.6 is 11.3 Å². The van der Waals surface area contributed by atoms with Crippen LogP contribution in [0.2, 0.25) is 0 Å². The van der Waals surface area contributed by atoms with Gasteiger partial charge in [-0.15, -0.1) is 11.3 Å². The number of hydrogen-bond donors (Lipinski definition) is 1. The van der Waals surface area contributed by atoms with Crippen molar-refractivity contribution >= 4 is 11.3 Å². The molecule has 1 aromatic rings. The molecule has 1 saturated heterocycles. The van der Waals surface area contributed by atoms with Gasteiger partial charge in [0.15, 0.2) is 0 Å². The lowest BCUT2D eigenvalue weighted by molar-refractivity contribution is 0.124. The molecule has 0 saturated carbocycles. The van der Waals surface area contributed by atoms with Gasteiger partial charge in [-0.05, 0) is 33.2 Å². The third kappa shape index (κ3) is 2.62. The number of nitrogens with two attached hydrogens (primary N) is 1. The number of thiazole rings is 1. The maximum absolute atomic E-state index is 6.07. The summed E-state index contributed by atoms with van der Waals surface area (Å²) in [5.74, 6) is 0. The first-order chi connectivity index (χ1) is 7.68. The number of nitrogens with zero attached hydrogens (tertiary/aromatic N) is 2. The van der Waals surface area contributed by atoms with Crippen molar-refractivity contribution in [3.63, 3.8) is 0 Å². The van der Waals surface area contributed by atoms with Crippen molar-refractivity contribution in [1.82, 2.24) is 9.88 Å². The highest BCUT2D eigenvalue weighted by Crippen LogP contribution is 2.23. The SMILES string of the molecule is Cc1ncsc1CN1CCCCC1C(C)N. The van der Waals surface area contributed by atoms with Gasteiger partial charge in [-0.2, -0.15) is 0 Å². The Morgan fingerprint density at radius 2 is 2.44 bits per heavy atom. The van der Waals surface area contributed by atoms with E-state index in [1.807, 2.05) is 5.51 Å². The van der Waals surface area contributed by atoms with Gasteiger partial charge in [0.25, 0.3) is 0 Å². The molecule has 0 radical (unpaired) electrons. The predicted octanol–water partition coefficient (Wildman–Crippen LogP) is 2.15. The molecule has 4 heteroatoms. The Morgan fingerprint density at radius 1 is 1.62 bits per heavy atom. The number of hydrogen-bond acceptors (Lipinski definition) is 4. The van der Waals surface area contributed by atoms with Crippen LogP contribution in [0.5, 0.6) is 0 Å². The van der Waals surface area contributed by atoms with Crippen molar-refractivity contribution in [2.75, 3.05) is 6.54 Å². The molecule has 2 heterocycles. The van der Waals surface area contributed by atoms with Crippen LogP contribution in [0.25, 0.3) is 0 Å². The van der Waals surface area contributed by atoms with Gasteiger partial charge >= 0.3 is 0 Å². The van der Waals surface area contributed by atoms with Crippen LogP contribution in [-0.2, 0) is 6.54 Å². The summed E-state index contributed by atoms with van der Waals surface area (Å²) < 4.78 is 0. The number of aromatic nitrogens is 1. The molecule has 2 N–H and O–H groups in total. The van der Waals surface area contributed by atoms with Crippen molar-refractivity contribution in [3.05, 3.63) is 16.1 Å². The van der Waals surface area contributed by atoms with Crippen molar-refractivity contribution < 1.29 is 0 Å². The maximum Gasteiger partial charge on any atom is 0.0798 e. The maximum atomic E-state index is 6.07. The van der Waals surface area contributed by atoms with Gasteiger partial charge in [0.05, 0.1) is 11.2 Å². The van der Waals surface area contributed by atoms with E-state index < -0.39 is 0 Å². The Labute approximate surface area is 102 Å². The van der Waals surface area contributed by atoms with Crippen molar-refractivity contribution in [2.45, 2.75) is 51.7 Å². The van der Waals surface area contributed by atoms with Crippen LogP contribution in [0.4, 0.5) is 0 Å². The molecule has 0 amide bonds. The first-order valence-corrected chi connectivity index (χ1v) is 6.95. The molecule has 2 unspecified atom stereocenters. The molecule has 2 atom stereocenters. The van der Waals surface area contributed by atoms with E-state index in [-0.39, 0.29) is 6.04 Å². The summed E-state index contributed by atoms with van der Waals surface area (Å²) in [6.45, 7) is 6.44. The van der Waals surface area contributed by atoms with Crippen molar-refractivity contribution in [1.29, 1.82) is 0 Å². The lowest BCUT2D eigenvalue weighted by Gasteiger charge is -2.37. The molecular weight excluding hydrogens is 218 g/mol. The van der Waals surface area contributed by atoms with Crippen LogP contribution < -0.4 is 5.73 Å². The molecule has 3 nitrogen and oxygen atoms in total. The van der Waals surface area contributed by atoms with Gasteiger partial charge in [-0.1, -0.05) is 6.42 Å². The summed E-state index contributed by atoms with van der Waals surface area (Å²) in [7, 11) is 0. The molecule has 1 aromatic heterocycles. The zero-order valence-electron chi connectivity index (χ0n) is 10.1. The van der Waals surface area contributed by atoms with E-state index in [0.717, 1.165) is 6.54 Å². The number of likely N-dealkylation sites (tertiary alicyclic amines) is 1. The Morgan fingerprint density at radius 3 is 3.06 bits per heavy atom. The van der Waals surface area contributed by atoms with Crippen LogP contribution in [0.1, 0.15) is 36.8 Å². The molecule has 0 aliphatic carbocycles. The molecule has 16 heavy (non-hydrogen) atoms. The fourth-order valence-electron chi connectivity index (χ4n) is 2.47. The molecule has 1 fully saturated rings. The Bertz CT molecular complexity index is 335. The summed E-state index contributed by atoms with van der Waals surface area (Å²) in [4.78, 5) is 8.24. The average Bonchev–Trinajstić information content (AvgIpc) is 2.65. The predicted molar refractivity (Wildman–Crippen MR) is 68.5 cm³/mol. The van der Waals surface area contributed by atoms with E-state index >= 15 is 0 Å². The van der Waals surface area contributed by atoms with E-state index in [1.165, 1.54) is 36.4 Å². The molecular formula is C12H21N3S. The first-order valence-electron chi connectivity index (χ1n) is 6.07. The fraction of sp³-hybridized carbons (Fsp3) is 0.750. The molecule has 0 spiro atoms. The minimum Gasteiger partial charge on any atom is -0.327 e. The van der Waals surface area contributed by atoms with Crippen LogP contribution in [0.15, 0.2) is 5.51 Å². The van der Waals surface area contributed by atoms with Gasteiger partial charge in [-0.25, -0.2) is 4.98 Å². The van der Waals surface area contributed by atoms with Crippen LogP contribution in [0, 0.1) is 6.92 Å². The average molecular weight is 239 g/mol. The summed E-state index contributed by atoms with van der Waals surface area (Å²) in [5.41, 5.74) is 9.19. The van der Waals surface area contributed by atoms with Crippen LogP contribution in [0.3, 0.4) is 0 Å². The zero-order valence-corrected chi connectivity index (χ0v) is 11.0. The van der Waals surface area contributed by atoms with Crippen molar-refractivity contribution in [3.8, 4) is 0 Å². The summed E-state index contributed by atoms with van der Waals surface area (Å²) in [6, 6.07) is 0.823. The van der Waals surface area contributed by atoms with E-state index in [9.17, 15) is 0 Å². The normalized spacial score (nSPS) is 24.6. The van der Waals surface area contributed by atoms with E-state index in [0.29, 0.717) is 6.04 Å². The molecule has 0 aromatic carbocycles. The second kappa shape index (κ2) is 5.25. The highest BCUT2D eigenvalue weighted by Gasteiger charge is 2.25. The van der Waals surface area contributed by atoms with Crippen molar-refractivity contribution in [2.24, 2.45) is 5.73 Å². The number of rotatable bonds is 3. The third-order valence-corrected chi connectivity index (χ3v) is 4.38. The van der Waals surface area contributed by atoms with Gasteiger partial charge < -0.3 is 5.73 Å². The number of aryl methyl sites for hydroxylation is 1. The van der Waals surface area contributed by atoms with E-state index in [4.69, 9.17) is 5.73 Å². The van der Waals surface area contributed by atoms with Gasteiger partial charge in [0.2, 0.25) is 0 Å². The zero-order chi connectivity index (χ0) is 11.5. The first kappa shape index (κ1) is 12.0. The minimum absolute atomic E-state index is 0.272. The molecule has 0 bridgehead atoms. The Balaban J connectivity index is 2.04. The van der Waals surface area contributed by atoms with E-state index in [1.54, 1.807) is 11.3 Å². The monoisotopic (exact) mass is 239 g/mol. The standard InChI is InChI=1S/C12H21N3S/c1-9(13)11-5-3-4-6-15(11)7-12-10(2)14-8-16-12/h8-9,11H,3-7,13H2,1-2H3. The summed E-state index contributed by atoms with van der Waals surface area (Å²) >= 11 is 1.76. The molecule has 1 aliphatic heterocycles. The van der Waals surface area contributed by atoms with Gasteiger partial charge in [0.1, 0.15) is 0 Å². The lowest BCUT2D eigenvalue weighted by atomic mass is 9.97. The summed E-state index contributed by atoms with van der Waals surface area (Å²) in [5, 5.41) is 0. The number of piperidine rings is 1. The lowest BCUT2D eigenvalue weighted by Crippen LogP contribution is -2.48. The largest absolute Gasteiger partial charge is 0.327 e. The van der Waals surface area contributed by atoms with E-state index in [2.05, 4.69) is 23.7 Å². The Kier molecular flexibility index (Phi) is 3.95. The second-order valence-corrected chi connectivity index (χ2v) is 5.69. The smallest absolute Gasteiger partial charge is 0.0798 e. The molecule has 2 rings (SSSR count). The van der Waals surface area contributed by atoms with Gasteiger partial charge in [-0.3, -0.25) is 4.90 Å². The minimum atomic E-state index is 0.272. The Hall–Kier alpha value is -0.450. The highest BCUT2D eigenvalue weighted by atomic mass is 32.1. The second-order valence-electron chi connectivity index (χ2n) is 4.75. The fourth-order valence-corrected chi connectivity index (χ4v) is 3.27. The quantitative estimate of drug-likeness (QED) is 0.879. The molecule has 1 aliphatic rings. The summed E-state index contributed by atoms with van der Waals surface area (Å²) in [6.07, 6.45) is 3.88.